The van der Waals surface area contributed by atoms with Gasteiger partial charge in [-0.15, -0.1) is 0 Å². The first kappa shape index (κ1) is 12.7. The van der Waals surface area contributed by atoms with E-state index in [1.807, 2.05) is 4.90 Å². The zero-order valence-electron chi connectivity index (χ0n) is 9.66. The Morgan fingerprint density at radius 1 is 1.33 bits per heavy atom. The topological polar surface area (TPSA) is 99.5 Å². The van der Waals surface area contributed by atoms with Crippen molar-refractivity contribution >= 4 is 23.6 Å². The second-order valence-electron chi connectivity index (χ2n) is 4.02. The summed E-state index contributed by atoms with van der Waals surface area (Å²) in [6.07, 6.45) is -0.342. The van der Waals surface area contributed by atoms with Crippen LogP contribution in [-0.2, 0) is 14.3 Å². The summed E-state index contributed by atoms with van der Waals surface area (Å²) in [5, 5.41) is 8.70. The zero-order valence-corrected chi connectivity index (χ0v) is 9.66. The highest BCUT2D eigenvalue weighted by molar-refractivity contribution is 6.42. The molecule has 98 valence electrons. The molecule has 8 heteroatoms. The van der Waals surface area contributed by atoms with E-state index in [1.54, 1.807) is 0 Å². The Labute approximate surface area is 103 Å². The third-order valence-electron chi connectivity index (χ3n) is 2.77. The molecule has 0 atom stereocenters. The average molecular weight is 255 g/mol. The fourth-order valence-electron chi connectivity index (χ4n) is 1.77. The molecule has 0 aliphatic carbocycles. The van der Waals surface area contributed by atoms with Crippen LogP contribution in [0.4, 0.5) is 4.79 Å². The number of imide groups is 1. The summed E-state index contributed by atoms with van der Waals surface area (Å²) in [7, 11) is 0. The van der Waals surface area contributed by atoms with Crippen LogP contribution in [-0.4, -0.2) is 71.5 Å². The van der Waals surface area contributed by atoms with Crippen LogP contribution in [0.2, 0.25) is 0 Å². The van der Waals surface area contributed by atoms with E-state index in [0.29, 0.717) is 26.3 Å². The number of carbonyl (C=O) groups excluding carboxylic acids is 2. The number of amides is 3. The molecule has 3 amide bonds. The van der Waals surface area contributed by atoms with Gasteiger partial charge in [0.15, 0.2) is 0 Å². The summed E-state index contributed by atoms with van der Waals surface area (Å²) in [5.41, 5.74) is -0.400. The molecule has 1 saturated heterocycles. The first-order chi connectivity index (χ1) is 8.58. The lowest BCUT2D eigenvalue weighted by atomic mass is 10.2. The van der Waals surface area contributed by atoms with E-state index in [1.165, 1.54) is 0 Å². The van der Waals surface area contributed by atoms with Crippen molar-refractivity contribution in [2.45, 2.75) is 6.42 Å². The van der Waals surface area contributed by atoms with Gasteiger partial charge in [0.05, 0.1) is 26.3 Å². The van der Waals surface area contributed by atoms with Crippen molar-refractivity contribution in [3.63, 3.8) is 0 Å². The molecular weight excluding hydrogens is 242 g/mol. The molecule has 18 heavy (non-hydrogen) atoms. The van der Waals surface area contributed by atoms with Gasteiger partial charge in [0, 0.05) is 13.1 Å². The molecule has 0 aromatic heterocycles. The quantitative estimate of drug-likeness (QED) is 0.705. The minimum Gasteiger partial charge on any atom is -0.477 e. The van der Waals surface area contributed by atoms with Crippen LogP contribution in [0.3, 0.4) is 0 Å². The fraction of sp³-hybridized carbons (Fsp3) is 0.600. The number of ether oxygens (including phenoxy) is 1. The zero-order chi connectivity index (χ0) is 13.1. The largest absolute Gasteiger partial charge is 0.477 e. The summed E-state index contributed by atoms with van der Waals surface area (Å²) >= 11 is 0. The monoisotopic (exact) mass is 255 g/mol. The molecule has 0 unspecified atom stereocenters. The number of carboxylic acids is 1. The summed E-state index contributed by atoms with van der Waals surface area (Å²) in [6.45, 7) is 2.51. The van der Waals surface area contributed by atoms with Gasteiger partial charge >= 0.3 is 12.0 Å². The summed E-state index contributed by atoms with van der Waals surface area (Å²) in [4.78, 5) is 40.2. The van der Waals surface area contributed by atoms with Gasteiger partial charge < -0.3 is 9.84 Å². The number of hydrogen-bond acceptors (Lipinski definition) is 5. The highest BCUT2D eigenvalue weighted by Gasteiger charge is 2.32. The molecule has 0 aromatic rings. The number of hydrogen-bond donors (Lipinski definition) is 1. The second-order valence-corrected chi connectivity index (χ2v) is 4.02. The Bertz CT molecular complexity index is 414. The van der Waals surface area contributed by atoms with Gasteiger partial charge in [0.1, 0.15) is 5.71 Å². The minimum absolute atomic E-state index is 0.136. The van der Waals surface area contributed by atoms with Crippen molar-refractivity contribution < 1.29 is 24.2 Å². The predicted molar refractivity (Wildman–Crippen MR) is 59.2 cm³/mol. The number of aliphatic carboxylic acids is 1. The smallest absolute Gasteiger partial charge is 0.351 e. The van der Waals surface area contributed by atoms with E-state index in [0.717, 1.165) is 4.90 Å². The maximum absolute atomic E-state index is 11.7. The molecule has 2 rings (SSSR count). The number of nitrogens with zero attached hydrogens (tertiary/aromatic N) is 3. The van der Waals surface area contributed by atoms with Gasteiger partial charge in [-0.25, -0.2) is 14.5 Å². The number of carbonyl (C=O) groups is 3. The average Bonchev–Trinajstić information content (AvgIpc) is 2.34. The Hall–Kier alpha value is -1.80. The van der Waals surface area contributed by atoms with Crippen molar-refractivity contribution in [2.75, 3.05) is 33.0 Å². The molecule has 0 saturated carbocycles. The SMILES string of the molecule is O=C(O)C1=NC(=O)N(CN2CCOCC2)C(=O)C1. The molecule has 0 spiro atoms. The van der Waals surface area contributed by atoms with E-state index in [4.69, 9.17) is 9.84 Å². The number of carboxylic acid groups (broad SMARTS) is 1. The summed E-state index contributed by atoms with van der Waals surface area (Å²) in [6, 6.07) is -0.810. The van der Waals surface area contributed by atoms with E-state index in [2.05, 4.69) is 4.99 Å². The predicted octanol–water partition coefficient (Wildman–Crippen LogP) is -0.846. The van der Waals surface area contributed by atoms with Crippen molar-refractivity contribution in [3.05, 3.63) is 0 Å². The van der Waals surface area contributed by atoms with Gasteiger partial charge in [-0.3, -0.25) is 9.69 Å². The van der Waals surface area contributed by atoms with E-state index >= 15 is 0 Å². The van der Waals surface area contributed by atoms with Crippen LogP contribution >= 0.6 is 0 Å². The van der Waals surface area contributed by atoms with E-state index in [-0.39, 0.29) is 13.1 Å². The molecule has 2 aliphatic rings. The number of urea groups is 1. The molecule has 0 aromatic carbocycles. The maximum Gasteiger partial charge on any atom is 0.351 e. The van der Waals surface area contributed by atoms with Crippen molar-refractivity contribution in [1.82, 2.24) is 9.80 Å². The first-order valence-corrected chi connectivity index (χ1v) is 5.53. The van der Waals surface area contributed by atoms with Crippen molar-refractivity contribution in [1.29, 1.82) is 0 Å². The van der Waals surface area contributed by atoms with E-state index < -0.39 is 23.6 Å². The Kier molecular flexibility index (Phi) is 3.68. The molecule has 0 radical (unpaired) electrons. The van der Waals surface area contributed by atoms with Crippen LogP contribution in [0.1, 0.15) is 6.42 Å². The number of morpholine rings is 1. The van der Waals surface area contributed by atoms with Crippen molar-refractivity contribution in [3.8, 4) is 0 Å². The Morgan fingerprint density at radius 2 is 2.00 bits per heavy atom. The standard InChI is InChI=1S/C10H13N3O5/c14-8-5-7(9(15)16)11-10(17)13(8)6-12-1-3-18-4-2-12/h1-6H2,(H,15,16). The van der Waals surface area contributed by atoms with Crippen LogP contribution < -0.4 is 0 Å². The van der Waals surface area contributed by atoms with Gasteiger partial charge in [-0.2, -0.15) is 4.99 Å². The fourth-order valence-corrected chi connectivity index (χ4v) is 1.77. The van der Waals surface area contributed by atoms with Gasteiger partial charge in [-0.05, 0) is 0 Å². The maximum atomic E-state index is 11.7. The lowest BCUT2D eigenvalue weighted by molar-refractivity contribution is -0.133. The molecule has 1 N–H and O–H groups in total. The molecule has 2 aliphatic heterocycles. The van der Waals surface area contributed by atoms with Crippen LogP contribution in [0.5, 0.6) is 0 Å². The van der Waals surface area contributed by atoms with Crippen LogP contribution in [0.15, 0.2) is 4.99 Å². The van der Waals surface area contributed by atoms with Gasteiger partial charge in [0.25, 0.3) is 0 Å². The molecule has 2 heterocycles. The Morgan fingerprint density at radius 3 is 2.56 bits per heavy atom. The summed E-state index contributed by atoms with van der Waals surface area (Å²) in [5.74, 6) is -1.86. The number of rotatable bonds is 3. The molecule has 0 bridgehead atoms. The Balaban J connectivity index is 2.03. The first-order valence-electron chi connectivity index (χ1n) is 5.53. The van der Waals surface area contributed by atoms with Crippen molar-refractivity contribution in [2.24, 2.45) is 4.99 Å². The highest BCUT2D eigenvalue weighted by atomic mass is 16.5. The molecular formula is C10H13N3O5. The lowest BCUT2D eigenvalue weighted by Crippen LogP contribution is -2.50. The number of aliphatic imine (C=N–C) groups is 1. The molecule has 1 fully saturated rings. The highest BCUT2D eigenvalue weighted by Crippen LogP contribution is 2.10. The third kappa shape index (κ3) is 2.71. The second kappa shape index (κ2) is 5.23. The van der Waals surface area contributed by atoms with Gasteiger partial charge in [0.2, 0.25) is 5.91 Å². The van der Waals surface area contributed by atoms with E-state index in [9.17, 15) is 14.4 Å². The van der Waals surface area contributed by atoms with Gasteiger partial charge in [-0.1, -0.05) is 0 Å². The normalized spacial score (nSPS) is 22.0. The summed E-state index contributed by atoms with van der Waals surface area (Å²) < 4.78 is 5.16. The molecule has 8 nitrogen and oxygen atoms in total. The third-order valence-corrected chi connectivity index (χ3v) is 2.77. The van der Waals surface area contributed by atoms with Crippen LogP contribution in [0, 0.1) is 0 Å². The minimum atomic E-state index is -1.33. The lowest BCUT2D eigenvalue weighted by Gasteiger charge is -2.32. The van der Waals surface area contributed by atoms with Crippen LogP contribution in [0.25, 0.3) is 0 Å².